The molecule has 2 nitrogen and oxygen atoms in total. The summed E-state index contributed by atoms with van der Waals surface area (Å²) < 4.78 is 11.6. The normalized spacial score (nSPS) is 19.9. The number of rotatable bonds is 5. The Morgan fingerprint density at radius 2 is 1.63 bits per heavy atom. The Hall–Kier alpha value is -2.58. The monoisotopic (exact) mass is 396 g/mol. The molecule has 3 aliphatic rings. The molecule has 0 N–H and O–H groups in total. The summed E-state index contributed by atoms with van der Waals surface area (Å²) in [5.41, 5.74) is 9.80. The Morgan fingerprint density at radius 1 is 0.833 bits per heavy atom. The summed E-state index contributed by atoms with van der Waals surface area (Å²) in [6.45, 7) is 1.52. The van der Waals surface area contributed by atoms with Crippen LogP contribution in [0.25, 0.3) is 22.3 Å². The van der Waals surface area contributed by atoms with Gasteiger partial charge >= 0.3 is 0 Å². The molecular weight excluding hydrogens is 368 g/mol. The van der Waals surface area contributed by atoms with Crippen molar-refractivity contribution in [3.63, 3.8) is 0 Å². The van der Waals surface area contributed by atoms with Crippen molar-refractivity contribution in [2.45, 2.75) is 50.5 Å². The van der Waals surface area contributed by atoms with Crippen molar-refractivity contribution in [2.75, 3.05) is 13.2 Å². The van der Waals surface area contributed by atoms with E-state index in [1.807, 2.05) is 0 Å². The predicted molar refractivity (Wildman–Crippen MR) is 121 cm³/mol. The molecule has 0 spiro atoms. The molecule has 152 valence electrons. The molecule has 3 aromatic rings. The minimum Gasteiger partial charge on any atom is -0.490 e. The third-order valence-corrected chi connectivity index (χ3v) is 7.04. The molecule has 3 aromatic carbocycles. The Labute approximate surface area is 178 Å². The fourth-order valence-electron chi connectivity index (χ4n) is 5.35. The molecule has 0 radical (unpaired) electrons. The zero-order valence-electron chi connectivity index (χ0n) is 17.4. The van der Waals surface area contributed by atoms with Crippen LogP contribution in [0.1, 0.15) is 54.7 Å². The molecule has 2 aliphatic carbocycles. The minimum absolute atomic E-state index is 0.291. The van der Waals surface area contributed by atoms with Crippen LogP contribution in [0.5, 0.6) is 5.75 Å². The van der Waals surface area contributed by atoms with E-state index in [0.717, 1.165) is 18.8 Å². The highest BCUT2D eigenvalue weighted by molar-refractivity contribution is 5.85. The van der Waals surface area contributed by atoms with E-state index in [1.54, 1.807) is 0 Å². The van der Waals surface area contributed by atoms with E-state index >= 15 is 0 Å². The van der Waals surface area contributed by atoms with Gasteiger partial charge in [-0.2, -0.15) is 0 Å². The van der Waals surface area contributed by atoms with E-state index in [0.29, 0.717) is 18.6 Å². The first-order valence-corrected chi connectivity index (χ1v) is 11.5. The lowest BCUT2D eigenvalue weighted by molar-refractivity contribution is 0.258. The van der Waals surface area contributed by atoms with Gasteiger partial charge in [-0.15, -0.1) is 0 Å². The number of epoxide rings is 1. The molecule has 1 heterocycles. The zero-order valence-corrected chi connectivity index (χ0v) is 17.4. The molecule has 1 saturated carbocycles. The van der Waals surface area contributed by atoms with Crippen LogP contribution in [-0.2, 0) is 11.2 Å². The van der Waals surface area contributed by atoms with E-state index in [1.165, 1.54) is 71.0 Å². The van der Waals surface area contributed by atoms with Crippen LogP contribution in [0.4, 0.5) is 0 Å². The van der Waals surface area contributed by atoms with Crippen molar-refractivity contribution >= 4 is 0 Å². The van der Waals surface area contributed by atoms with E-state index in [9.17, 15) is 0 Å². The van der Waals surface area contributed by atoms with Crippen molar-refractivity contribution in [2.24, 2.45) is 0 Å². The maximum absolute atomic E-state index is 6.22. The highest BCUT2D eigenvalue weighted by Gasteiger charge is 2.26. The molecule has 1 atom stereocenters. The Balaban J connectivity index is 1.40. The van der Waals surface area contributed by atoms with Gasteiger partial charge in [-0.25, -0.2) is 0 Å². The Kier molecular flexibility index (Phi) is 4.61. The number of hydrogen-bond acceptors (Lipinski definition) is 2. The Bertz CT molecular complexity index is 1070. The molecular formula is C28H28O2. The van der Waals surface area contributed by atoms with Gasteiger partial charge in [-0.3, -0.25) is 0 Å². The zero-order chi connectivity index (χ0) is 19.9. The molecule has 0 bridgehead atoms. The van der Waals surface area contributed by atoms with Gasteiger partial charge < -0.3 is 9.47 Å². The van der Waals surface area contributed by atoms with Crippen LogP contribution >= 0.6 is 0 Å². The van der Waals surface area contributed by atoms with Gasteiger partial charge in [0, 0.05) is 0 Å². The minimum atomic E-state index is 0.291. The molecule has 1 saturated heterocycles. The van der Waals surface area contributed by atoms with E-state index in [2.05, 4.69) is 60.7 Å². The van der Waals surface area contributed by atoms with E-state index < -0.39 is 0 Å². The lowest BCUT2D eigenvalue weighted by Crippen LogP contribution is -2.10. The summed E-state index contributed by atoms with van der Waals surface area (Å²) in [5, 5.41) is 0. The molecule has 1 unspecified atom stereocenters. The van der Waals surface area contributed by atoms with Crippen LogP contribution in [0, 0.1) is 0 Å². The van der Waals surface area contributed by atoms with Gasteiger partial charge in [-0.05, 0) is 76.3 Å². The second-order valence-corrected chi connectivity index (χ2v) is 9.02. The van der Waals surface area contributed by atoms with Gasteiger partial charge in [0.25, 0.3) is 0 Å². The van der Waals surface area contributed by atoms with Gasteiger partial charge in [-0.1, -0.05) is 67.8 Å². The fourth-order valence-corrected chi connectivity index (χ4v) is 5.35. The molecule has 30 heavy (non-hydrogen) atoms. The Morgan fingerprint density at radius 3 is 2.50 bits per heavy atom. The fraction of sp³-hybridized carbons (Fsp3) is 0.357. The largest absolute Gasteiger partial charge is 0.490 e. The summed E-state index contributed by atoms with van der Waals surface area (Å²) in [7, 11) is 0. The topological polar surface area (TPSA) is 21.8 Å². The van der Waals surface area contributed by atoms with Crippen molar-refractivity contribution < 1.29 is 9.47 Å². The first-order chi connectivity index (χ1) is 14.9. The van der Waals surface area contributed by atoms with Crippen molar-refractivity contribution in [1.82, 2.24) is 0 Å². The summed E-state index contributed by atoms with van der Waals surface area (Å²) in [5.74, 6) is 1.68. The van der Waals surface area contributed by atoms with Crippen LogP contribution in [0.15, 0.2) is 60.7 Å². The molecule has 0 aromatic heterocycles. The van der Waals surface area contributed by atoms with E-state index in [4.69, 9.17) is 9.47 Å². The summed E-state index contributed by atoms with van der Waals surface area (Å²) in [4.78, 5) is 0. The van der Waals surface area contributed by atoms with Gasteiger partial charge in [0.1, 0.15) is 18.5 Å². The van der Waals surface area contributed by atoms with Gasteiger partial charge in [0.05, 0.1) is 6.61 Å². The second kappa shape index (κ2) is 7.59. The average Bonchev–Trinajstić information content (AvgIpc) is 3.56. The molecule has 2 heteroatoms. The first kappa shape index (κ1) is 18.2. The quantitative estimate of drug-likeness (QED) is 0.348. The highest BCUT2D eigenvalue weighted by Crippen LogP contribution is 2.44. The van der Waals surface area contributed by atoms with Gasteiger partial charge in [0.15, 0.2) is 0 Å². The number of benzene rings is 3. The van der Waals surface area contributed by atoms with Crippen LogP contribution in [0.3, 0.4) is 0 Å². The summed E-state index contributed by atoms with van der Waals surface area (Å²) in [6.07, 6.45) is 7.90. The third-order valence-electron chi connectivity index (χ3n) is 7.04. The van der Waals surface area contributed by atoms with E-state index in [-0.39, 0.29) is 0 Å². The van der Waals surface area contributed by atoms with Crippen molar-refractivity contribution in [3.05, 3.63) is 77.4 Å². The summed E-state index contributed by atoms with van der Waals surface area (Å²) in [6, 6.07) is 22.5. The van der Waals surface area contributed by atoms with Crippen LogP contribution in [-0.4, -0.2) is 19.3 Å². The van der Waals surface area contributed by atoms with Crippen LogP contribution < -0.4 is 4.74 Å². The average molecular weight is 397 g/mol. The first-order valence-electron chi connectivity index (χ1n) is 11.5. The van der Waals surface area contributed by atoms with Crippen LogP contribution in [0.2, 0.25) is 0 Å². The lowest BCUT2D eigenvalue weighted by Gasteiger charge is -2.25. The number of hydrogen-bond donors (Lipinski definition) is 0. The van der Waals surface area contributed by atoms with Crippen molar-refractivity contribution in [3.8, 4) is 28.0 Å². The van der Waals surface area contributed by atoms with Gasteiger partial charge in [0.2, 0.25) is 0 Å². The predicted octanol–water partition coefficient (Wildman–Crippen LogP) is 6.75. The molecule has 1 aliphatic heterocycles. The molecule has 0 amide bonds. The highest BCUT2D eigenvalue weighted by atomic mass is 16.6. The molecule has 2 fully saturated rings. The maximum atomic E-state index is 6.22. The maximum Gasteiger partial charge on any atom is 0.122 e. The number of ether oxygens (including phenoxy) is 2. The lowest BCUT2D eigenvalue weighted by atomic mass is 9.82. The second-order valence-electron chi connectivity index (χ2n) is 9.02. The molecule has 6 rings (SSSR count). The summed E-state index contributed by atoms with van der Waals surface area (Å²) >= 11 is 0. The standard InChI is InChI=1S/C28H28O2/c1-2-7-19(8-3-1)26-15-21(13-14-28(26)30-18-22-17-29-22)24-11-6-12-25-23-10-5-4-9-20(23)16-27(24)25/h4-6,9-15,19,22H,1-3,7-8,16-18H2. The number of fused-ring (bicyclic) bond motifs is 3. The smallest absolute Gasteiger partial charge is 0.122 e. The van der Waals surface area contributed by atoms with Crippen molar-refractivity contribution in [1.29, 1.82) is 0 Å². The SMILES string of the molecule is c1ccc2c(c1)Cc1c(-c3ccc(OCC4CO4)c(C4CCCCC4)c3)cccc1-2. The third kappa shape index (κ3) is 3.33.